The van der Waals surface area contributed by atoms with E-state index in [9.17, 15) is 9.59 Å². The largest absolute Gasteiger partial charge is 0.444 e. The molecule has 1 aliphatic rings. The lowest BCUT2D eigenvalue weighted by atomic mass is 9.90. The van der Waals surface area contributed by atoms with Crippen LogP contribution in [0, 0.1) is 0 Å². The van der Waals surface area contributed by atoms with Gasteiger partial charge >= 0.3 is 6.09 Å². The number of likely N-dealkylation sites (tertiary alicyclic amines) is 1. The number of amides is 2. The summed E-state index contributed by atoms with van der Waals surface area (Å²) in [4.78, 5) is 27.6. The molecule has 7 nitrogen and oxygen atoms in total. The van der Waals surface area contributed by atoms with Crippen LogP contribution in [0.25, 0.3) is 5.69 Å². The molecule has 0 unspecified atom stereocenters. The molecule has 2 heterocycles. The van der Waals surface area contributed by atoms with Gasteiger partial charge in [-0.2, -0.15) is 5.10 Å². The van der Waals surface area contributed by atoms with Gasteiger partial charge < -0.3 is 15.0 Å². The zero-order valence-corrected chi connectivity index (χ0v) is 22.1. The summed E-state index contributed by atoms with van der Waals surface area (Å²) >= 11 is 12.5. The van der Waals surface area contributed by atoms with Crippen LogP contribution in [0.2, 0.25) is 10.0 Å². The van der Waals surface area contributed by atoms with Gasteiger partial charge in [-0.1, -0.05) is 47.5 Å². The van der Waals surface area contributed by atoms with Gasteiger partial charge in [-0.05, 0) is 63.4 Å². The number of ether oxygens (including phenoxy) is 1. The molecule has 4 rings (SSSR count). The van der Waals surface area contributed by atoms with Crippen molar-refractivity contribution in [2.45, 2.75) is 51.7 Å². The van der Waals surface area contributed by atoms with Gasteiger partial charge in [0.1, 0.15) is 5.60 Å². The van der Waals surface area contributed by atoms with Crippen LogP contribution in [0.1, 0.15) is 61.1 Å². The second kappa shape index (κ2) is 10.9. The molecular formula is C27H30Cl2N4O3. The number of hydrogen-bond donors (Lipinski definition) is 1. The van der Waals surface area contributed by atoms with E-state index in [-0.39, 0.29) is 17.9 Å². The molecule has 1 N–H and O–H groups in total. The highest BCUT2D eigenvalue weighted by Gasteiger charge is 2.32. The zero-order valence-electron chi connectivity index (χ0n) is 20.6. The van der Waals surface area contributed by atoms with Gasteiger partial charge in [-0.25, -0.2) is 9.48 Å². The Morgan fingerprint density at radius 1 is 1.06 bits per heavy atom. The molecular weight excluding hydrogens is 499 g/mol. The number of rotatable bonds is 5. The van der Waals surface area contributed by atoms with Crippen molar-refractivity contribution in [3.8, 4) is 5.69 Å². The Morgan fingerprint density at radius 3 is 2.36 bits per heavy atom. The lowest BCUT2D eigenvalue weighted by Crippen LogP contribution is -2.41. The van der Waals surface area contributed by atoms with Crippen LogP contribution >= 0.6 is 23.2 Å². The summed E-state index contributed by atoms with van der Waals surface area (Å²) in [6.45, 7) is 6.99. The standard InChI is InChI=1S/C27H30Cl2N4O3/c1-27(2,3)36-26(35)32-14-12-19(13-15-32)24-21(17-31-33(24)23-7-5-4-6-22(23)29)25(34)30-16-18-8-10-20(28)11-9-18/h4-11,17,19H,12-16H2,1-3H3,(H,30,34). The van der Waals surface area contributed by atoms with E-state index in [0.717, 1.165) is 11.3 Å². The number of carbonyl (C=O) groups is 2. The van der Waals surface area contributed by atoms with Gasteiger partial charge in [0.15, 0.2) is 0 Å². The smallest absolute Gasteiger partial charge is 0.410 e. The van der Waals surface area contributed by atoms with Crippen LogP contribution in [0.4, 0.5) is 4.79 Å². The van der Waals surface area contributed by atoms with Gasteiger partial charge in [0, 0.05) is 30.6 Å². The highest BCUT2D eigenvalue weighted by atomic mass is 35.5. The van der Waals surface area contributed by atoms with E-state index >= 15 is 0 Å². The number of carbonyl (C=O) groups excluding carboxylic acids is 2. The van der Waals surface area contributed by atoms with Crippen LogP contribution in [-0.2, 0) is 11.3 Å². The third-order valence-corrected chi connectivity index (χ3v) is 6.60. The molecule has 0 spiro atoms. The SMILES string of the molecule is CC(C)(C)OC(=O)N1CCC(c2c(C(=O)NCc3ccc(Cl)cc3)cnn2-c2ccccc2Cl)CC1. The zero-order chi connectivity index (χ0) is 25.9. The molecule has 190 valence electrons. The molecule has 0 atom stereocenters. The van der Waals surface area contributed by atoms with E-state index in [0.29, 0.717) is 53.8 Å². The van der Waals surface area contributed by atoms with Crippen molar-refractivity contribution in [2.24, 2.45) is 0 Å². The summed E-state index contributed by atoms with van der Waals surface area (Å²) in [5.74, 6) is -0.202. The maximum atomic E-state index is 13.3. The Balaban J connectivity index is 1.57. The van der Waals surface area contributed by atoms with E-state index in [4.69, 9.17) is 27.9 Å². The lowest BCUT2D eigenvalue weighted by Gasteiger charge is -2.34. The molecule has 0 aliphatic carbocycles. The first-order chi connectivity index (χ1) is 17.1. The molecule has 3 aromatic rings. The van der Waals surface area contributed by atoms with Crippen molar-refractivity contribution in [2.75, 3.05) is 13.1 Å². The molecule has 0 bridgehead atoms. The Bertz CT molecular complexity index is 1230. The fourth-order valence-electron chi connectivity index (χ4n) is 4.28. The quantitative estimate of drug-likeness (QED) is 0.426. The summed E-state index contributed by atoms with van der Waals surface area (Å²) in [5, 5.41) is 8.74. The monoisotopic (exact) mass is 528 g/mol. The number of nitrogens with zero attached hydrogens (tertiary/aromatic N) is 3. The first-order valence-electron chi connectivity index (χ1n) is 12.0. The topological polar surface area (TPSA) is 76.5 Å². The predicted molar refractivity (Wildman–Crippen MR) is 141 cm³/mol. The van der Waals surface area contributed by atoms with Gasteiger partial charge in [-0.15, -0.1) is 0 Å². The summed E-state index contributed by atoms with van der Waals surface area (Å²) in [5.41, 5.74) is 2.39. The van der Waals surface area contributed by atoms with E-state index in [2.05, 4.69) is 10.4 Å². The average Bonchev–Trinajstić information content (AvgIpc) is 3.28. The highest BCUT2D eigenvalue weighted by Crippen LogP contribution is 2.34. The van der Waals surface area contributed by atoms with Crippen LogP contribution in [0.5, 0.6) is 0 Å². The minimum Gasteiger partial charge on any atom is -0.444 e. The van der Waals surface area contributed by atoms with Crippen LogP contribution in [-0.4, -0.2) is 45.4 Å². The van der Waals surface area contributed by atoms with Gasteiger partial charge in [-0.3, -0.25) is 4.79 Å². The van der Waals surface area contributed by atoms with Crippen LogP contribution in [0.3, 0.4) is 0 Å². The van der Waals surface area contributed by atoms with Crippen molar-refractivity contribution in [1.82, 2.24) is 20.0 Å². The second-order valence-corrected chi connectivity index (χ2v) is 10.7. The molecule has 0 radical (unpaired) electrons. The number of aromatic nitrogens is 2. The minimum atomic E-state index is -0.550. The van der Waals surface area contributed by atoms with E-state index in [1.807, 2.05) is 51.1 Å². The maximum absolute atomic E-state index is 13.3. The number of benzene rings is 2. The Morgan fingerprint density at radius 2 is 1.72 bits per heavy atom. The summed E-state index contributed by atoms with van der Waals surface area (Å²) < 4.78 is 7.29. The number of hydrogen-bond acceptors (Lipinski definition) is 4. The second-order valence-electron chi connectivity index (χ2n) is 9.86. The maximum Gasteiger partial charge on any atom is 0.410 e. The molecule has 1 aromatic heterocycles. The Kier molecular flexibility index (Phi) is 7.91. The van der Waals surface area contributed by atoms with E-state index in [1.165, 1.54) is 0 Å². The molecule has 1 fully saturated rings. The molecule has 9 heteroatoms. The van der Waals surface area contributed by atoms with Crippen LogP contribution in [0.15, 0.2) is 54.7 Å². The summed E-state index contributed by atoms with van der Waals surface area (Å²) in [6.07, 6.45) is 2.62. The molecule has 2 amide bonds. The Labute approximate surface area is 221 Å². The van der Waals surface area contributed by atoms with Gasteiger partial charge in [0.2, 0.25) is 0 Å². The van der Waals surface area contributed by atoms with Gasteiger partial charge in [0.05, 0.1) is 28.2 Å². The Hall–Kier alpha value is -3.03. The van der Waals surface area contributed by atoms with Crippen molar-refractivity contribution >= 4 is 35.2 Å². The number of para-hydroxylation sites is 1. The van der Waals surface area contributed by atoms with Crippen LogP contribution < -0.4 is 5.32 Å². The lowest BCUT2D eigenvalue weighted by molar-refractivity contribution is 0.0203. The van der Waals surface area contributed by atoms with E-state index < -0.39 is 5.60 Å². The molecule has 0 saturated carbocycles. The number of halogens is 2. The van der Waals surface area contributed by atoms with Gasteiger partial charge in [0.25, 0.3) is 5.91 Å². The summed E-state index contributed by atoms with van der Waals surface area (Å²) in [6, 6.07) is 14.8. The molecule has 1 saturated heterocycles. The van der Waals surface area contributed by atoms with Crippen molar-refractivity contribution in [1.29, 1.82) is 0 Å². The van der Waals surface area contributed by atoms with E-state index in [1.54, 1.807) is 34.0 Å². The molecule has 2 aromatic carbocycles. The number of nitrogens with one attached hydrogen (secondary N) is 1. The first-order valence-corrected chi connectivity index (χ1v) is 12.7. The minimum absolute atomic E-state index is 0.0127. The van der Waals surface area contributed by atoms with Crippen molar-refractivity contribution < 1.29 is 14.3 Å². The van der Waals surface area contributed by atoms with Crippen molar-refractivity contribution in [3.05, 3.63) is 81.6 Å². The van der Waals surface area contributed by atoms with Crippen molar-refractivity contribution in [3.63, 3.8) is 0 Å². The first kappa shape index (κ1) is 26.0. The molecule has 36 heavy (non-hydrogen) atoms. The number of piperidine rings is 1. The fourth-order valence-corrected chi connectivity index (χ4v) is 4.62. The fraction of sp³-hybridized carbons (Fsp3) is 0.370. The predicted octanol–water partition coefficient (Wildman–Crippen LogP) is 6.22. The molecule has 1 aliphatic heterocycles. The summed E-state index contributed by atoms with van der Waals surface area (Å²) in [7, 11) is 0. The third-order valence-electron chi connectivity index (χ3n) is 6.03. The normalized spacial score (nSPS) is 14.5. The third kappa shape index (κ3) is 6.20. The average molecular weight is 529 g/mol. The highest BCUT2D eigenvalue weighted by molar-refractivity contribution is 6.32.